The van der Waals surface area contributed by atoms with Gasteiger partial charge in [-0.05, 0) is 50.2 Å². The highest BCUT2D eigenvalue weighted by Crippen LogP contribution is 2.41. The number of alkyl halides is 1. The summed E-state index contributed by atoms with van der Waals surface area (Å²) in [4.78, 5) is 14.0. The van der Waals surface area contributed by atoms with Crippen LogP contribution in [0.25, 0.3) is 0 Å². The quantitative estimate of drug-likeness (QED) is 0.746. The third-order valence-electron chi connectivity index (χ3n) is 4.40. The Morgan fingerprint density at radius 1 is 1.30 bits per heavy atom. The first-order valence-electron chi connectivity index (χ1n) is 7.67. The number of hydrogen-bond acceptors (Lipinski definition) is 1. The second-order valence-corrected chi connectivity index (χ2v) is 5.97. The highest BCUT2D eigenvalue weighted by atomic mass is 35.5. The normalized spacial score (nSPS) is 21.4. The molecule has 0 spiro atoms. The number of carbonyl (C=O) groups excluding carboxylic acids is 1. The summed E-state index contributed by atoms with van der Waals surface area (Å²) < 4.78 is 0. The molecule has 2 nitrogen and oxygen atoms in total. The van der Waals surface area contributed by atoms with Gasteiger partial charge in [-0.2, -0.15) is 0 Å². The van der Waals surface area contributed by atoms with Crippen LogP contribution in [0.5, 0.6) is 0 Å². The molecule has 2 rings (SSSR count). The van der Waals surface area contributed by atoms with Crippen LogP contribution in [0, 0.1) is 5.92 Å². The van der Waals surface area contributed by atoms with E-state index in [-0.39, 0.29) is 11.3 Å². The summed E-state index contributed by atoms with van der Waals surface area (Å²) in [7, 11) is 0. The van der Waals surface area contributed by atoms with Gasteiger partial charge in [-0.1, -0.05) is 24.3 Å². The molecule has 2 atom stereocenters. The van der Waals surface area contributed by atoms with Crippen LogP contribution in [0.15, 0.2) is 24.3 Å². The van der Waals surface area contributed by atoms with Crippen molar-refractivity contribution in [1.29, 1.82) is 0 Å². The maximum Gasteiger partial charge on any atom is 0.222 e. The van der Waals surface area contributed by atoms with E-state index < -0.39 is 0 Å². The first-order chi connectivity index (χ1) is 9.67. The largest absolute Gasteiger partial charge is 0.343 e. The van der Waals surface area contributed by atoms with E-state index >= 15 is 0 Å². The molecule has 1 aliphatic carbocycles. The van der Waals surface area contributed by atoms with Gasteiger partial charge in [0.15, 0.2) is 0 Å². The van der Waals surface area contributed by atoms with Gasteiger partial charge in [0.2, 0.25) is 5.91 Å². The van der Waals surface area contributed by atoms with Gasteiger partial charge >= 0.3 is 0 Å². The summed E-state index contributed by atoms with van der Waals surface area (Å²) in [5.41, 5.74) is 2.64. The predicted octanol–water partition coefficient (Wildman–Crippen LogP) is 4.18. The summed E-state index contributed by atoms with van der Waals surface area (Å²) in [6.07, 6.45) is 3.70. The molecule has 0 aliphatic heterocycles. The van der Waals surface area contributed by atoms with Crippen molar-refractivity contribution in [3.63, 3.8) is 0 Å². The molecule has 1 aromatic rings. The van der Waals surface area contributed by atoms with Crippen molar-refractivity contribution in [3.8, 4) is 0 Å². The van der Waals surface area contributed by atoms with Crippen LogP contribution in [0.4, 0.5) is 0 Å². The molecular weight excluding hydrogens is 270 g/mol. The lowest BCUT2D eigenvalue weighted by Gasteiger charge is -2.30. The van der Waals surface area contributed by atoms with E-state index in [4.69, 9.17) is 11.6 Å². The van der Waals surface area contributed by atoms with Gasteiger partial charge < -0.3 is 4.90 Å². The summed E-state index contributed by atoms with van der Waals surface area (Å²) >= 11 is 6.62. The Morgan fingerprint density at radius 2 is 2.00 bits per heavy atom. The Balaban J connectivity index is 1.94. The van der Waals surface area contributed by atoms with Gasteiger partial charge in [0.1, 0.15) is 0 Å². The van der Waals surface area contributed by atoms with Crippen molar-refractivity contribution in [2.24, 2.45) is 5.92 Å². The van der Waals surface area contributed by atoms with E-state index in [2.05, 4.69) is 24.3 Å². The zero-order chi connectivity index (χ0) is 14.5. The molecule has 3 heteroatoms. The topological polar surface area (TPSA) is 20.3 Å². The molecule has 0 radical (unpaired) electrons. The summed E-state index contributed by atoms with van der Waals surface area (Å²) in [6.45, 7) is 5.66. The van der Waals surface area contributed by atoms with Crippen molar-refractivity contribution in [3.05, 3.63) is 35.4 Å². The molecule has 20 heavy (non-hydrogen) atoms. The Morgan fingerprint density at radius 3 is 2.70 bits per heavy atom. The molecule has 110 valence electrons. The lowest BCUT2D eigenvalue weighted by atomic mass is 9.81. The van der Waals surface area contributed by atoms with Crippen LogP contribution in [0.1, 0.15) is 49.6 Å². The molecule has 0 fully saturated rings. The molecule has 0 saturated heterocycles. The summed E-state index contributed by atoms with van der Waals surface area (Å²) in [6, 6.07) is 8.43. The van der Waals surface area contributed by atoms with E-state index in [1.54, 1.807) is 0 Å². The van der Waals surface area contributed by atoms with Crippen molar-refractivity contribution >= 4 is 17.5 Å². The van der Waals surface area contributed by atoms with Crippen molar-refractivity contribution in [1.82, 2.24) is 4.90 Å². The number of halogens is 1. The van der Waals surface area contributed by atoms with Gasteiger partial charge in [-0.15, -0.1) is 11.6 Å². The number of rotatable bonds is 5. The molecule has 1 aliphatic rings. The number of hydrogen-bond donors (Lipinski definition) is 0. The van der Waals surface area contributed by atoms with Gasteiger partial charge in [0.05, 0.1) is 5.38 Å². The summed E-state index contributed by atoms with van der Waals surface area (Å²) in [5.74, 6) is 0.684. The van der Waals surface area contributed by atoms with Gasteiger partial charge in [-0.3, -0.25) is 4.79 Å². The van der Waals surface area contributed by atoms with Gasteiger partial charge in [0, 0.05) is 19.5 Å². The number of fused-ring (bicyclic) bond motifs is 1. The van der Waals surface area contributed by atoms with E-state index in [1.807, 2.05) is 18.7 Å². The standard InChI is InChI=1S/C17H24ClNO/c1-3-19(4-2)16(20)12-11-14-10-9-13-7-5-6-8-15(13)17(14)18/h5-8,14,17H,3-4,9-12H2,1-2H3. The molecule has 0 heterocycles. The maximum absolute atomic E-state index is 12.1. The minimum atomic E-state index is 0.0597. The van der Waals surface area contributed by atoms with Crippen molar-refractivity contribution < 1.29 is 4.79 Å². The fourth-order valence-electron chi connectivity index (χ4n) is 3.11. The Kier molecular flexibility index (Phi) is 5.47. The highest BCUT2D eigenvalue weighted by Gasteiger charge is 2.28. The fourth-order valence-corrected chi connectivity index (χ4v) is 3.57. The van der Waals surface area contributed by atoms with E-state index in [0.717, 1.165) is 32.4 Å². The molecule has 1 aromatic carbocycles. The van der Waals surface area contributed by atoms with Crippen LogP contribution in [0.2, 0.25) is 0 Å². The second-order valence-electron chi connectivity index (χ2n) is 5.50. The van der Waals surface area contributed by atoms with Crippen LogP contribution >= 0.6 is 11.6 Å². The average molecular weight is 294 g/mol. The lowest BCUT2D eigenvalue weighted by Crippen LogP contribution is -2.31. The lowest BCUT2D eigenvalue weighted by molar-refractivity contribution is -0.131. The Bertz CT molecular complexity index is 456. The van der Waals surface area contributed by atoms with Crippen LogP contribution < -0.4 is 0 Å². The zero-order valence-corrected chi connectivity index (χ0v) is 13.2. The van der Waals surface area contributed by atoms with Crippen LogP contribution in [0.3, 0.4) is 0 Å². The zero-order valence-electron chi connectivity index (χ0n) is 12.4. The SMILES string of the molecule is CCN(CC)C(=O)CCC1CCc2ccccc2C1Cl. The van der Waals surface area contributed by atoms with E-state index in [0.29, 0.717) is 12.3 Å². The number of aryl methyl sites for hydroxylation is 1. The van der Waals surface area contributed by atoms with E-state index in [9.17, 15) is 4.79 Å². The molecular formula is C17H24ClNO. The maximum atomic E-state index is 12.1. The van der Waals surface area contributed by atoms with E-state index in [1.165, 1.54) is 11.1 Å². The summed E-state index contributed by atoms with van der Waals surface area (Å²) in [5, 5.41) is 0.0597. The molecule has 0 aromatic heterocycles. The van der Waals surface area contributed by atoms with Crippen LogP contribution in [-0.2, 0) is 11.2 Å². The third kappa shape index (κ3) is 3.35. The minimum Gasteiger partial charge on any atom is -0.343 e. The molecule has 1 amide bonds. The smallest absolute Gasteiger partial charge is 0.222 e. The van der Waals surface area contributed by atoms with Crippen LogP contribution in [-0.4, -0.2) is 23.9 Å². The number of carbonyl (C=O) groups is 1. The molecule has 0 saturated carbocycles. The predicted molar refractivity (Wildman–Crippen MR) is 84.0 cm³/mol. The highest BCUT2D eigenvalue weighted by molar-refractivity contribution is 6.21. The monoisotopic (exact) mass is 293 g/mol. The first-order valence-corrected chi connectivity index (χ1v) is 8.10. The number of amides is 1. The molecule has 2 unspecified atom stereocenters. The van der Waals surface area contributed by atoms with Gasteiger partial charge in [-0.25, -0.2) is 0 Å². The third-order valence-corrected chi connectivity index (χ3v) is 4.99. The first kappa shape index (κ1) is 15.4. The molecule has 0 bridgehead atoms. The van der Waals surface area contributed by atoms with Gasteiger partial charge in [0.25, 0.3) is 0 Å². The fraction of sp³-hybridized carbons (Fsp3) is 0.588. The Hall–Kier alpha value is -1.02. The van der Waals surface area contributed by atoms with Crippen molar-refractivity contribution in [2.45, 2.75) is 44.9 Å². The second kappa shape index (κ2) is 7.12. The number of benzene rings is 1. The minimum absolute atomic E-state index is 0.0597. The van der Waals surface area contributed by atoms with Crippen molar-refractivity contribution in [2.75, 3.05) is 13.1 Å². The Labute approximate surface area is 127 Å². The number of nitrogens with zero attached hydrogens (tertiary/aromatic N) is 1. The average Bonchev–Trinajstić information content (AvgIpc) is 2.48. The molecule has 0 N–H and O–H groups in total.